The van der Waals surface area contributed by atoms with Crippen LogP contribution < -0.4 is 0 Å². The molecule has 0 aromatic carbocycles. The molecule has 0 atom stereocenters. The third-order valence-electron chi connectivity index (χ3n) is 2.95. The van der Waals surface area contributed by atoms with Gasteiger partial charge in [-0.2, -0.15) is 16.8 Å². The largest absolute Gasteiger partial charge is 0.462 e. The van der Waals surface area contributed by atoms with Crippen molar-refractivity contribution < 1.29 is 39.5 Å². The minimum Gasteiger partial charge on any atom is -0.462 e. The van der Waals surface area contributed by atoms with E-state index >= 15 is 0 Å². The fraction of sp³-hybridized carbons (Fsp3) is 0.625. The van der Waals surface area contributed by atoms with E-state index in [9.17, 15) is 26.4 Å². The van der Waals surface area contributed by atoms with Crippen LogP contribution in [0.2, 0.25) is 0 Å². The lowest BCUT2D eigenvalue weighted by Crippen LogP contribution is -2.20. The average Bonchev–Trinajstić information content (AvgIpc) is 2.52. The zero-order valence-electron chi connectivity index (χ0n) is 15.6. The van der Waals surface area contributed by atoms with Crippen LogP contribution in [0.4, 0.5) is 0 Å². The molecule has 27 heavy (non-hydrogen) atoms. The molecule has 0 amide bonds. The van der Waals surface area contributed by atoms with Crippen molar-refractivity contribution in [2.45, 2.75) is 39.5 Å². The Morgan fingerprint density at radius 2 is 1.04 bits per heavy atom. The summed E-state index contributed by atoms with van der Waals surface area (Å²) < 4.78 is 60.7. The molecule has 0 aromatic rings. The third kappa shape index (κ3) is 13.1. The molecule has 0 fully saturated rings. The lowest BCUT2D eigenvalue weighted by atomic mass is 10.3. The van der Waals surface area contributed by atoms with Crippen LogP contribution in [-0.2, 0) is 42.9 Å². The molecule has 0 aliphatic rings. The van der Waals surface area contributed by atoms with E-state index in [0.29, 0.717) is 0 Å². The molecule has 0 heterocycles. The van der Waals surface area contributed by atoms with Gasteiger partial charge >= 0.3 is 11.9 Å². The summed E-state index contributed by atoms with van der Waals surface area (Å²) in [6, 6.07) is 0. The number of carbonyl (C=O) groups is 2. The fourth-order valence-electron chi connectivity index (χ4n) is 1.56. The van der Waals surface area contributed by atoms with E-state index in [2.05, 4.69) is 16.8 Å². The Morgan fingerprint density at radius 1 is 0.704 bits per heavy atom. The highest BCUT2D eigenvalue weighted by Gasteiger charge is 2.22. The SMILES string of the molecule is C=C(C)C(=O)OCCCCS(=O)(=O)OS(=O)(=O)CCCCOC(=O)C(=C)C. The Morgan fingerprint density at radius 3 is 1.33 bits per heavy atom. The molecule has 0 N–H and O–H groups in total. The Kier molecular flexibility index (Phi) is 11.1. The molecule has 0 aliphatic heterocycles. The molecule has 156 valence electrons. The standard InChI is InChI=1S/C16H26O9S2/c1-13(2)15(17)23-9-5-7-11-26(19,20)25-27(21,22)12-8-6-10-24-16(18)14(3)4/h1,3,5-12H2,2,4H3. The number of ether oxygens (including phenoxy) is 2. The molecule has 9 nitrogen and oxygen atoms in total. The van der Waals surface area contributed by atoms with Gasteiger partial charge in [0.05, 0.1) is 24.7 Å². The van der Waals surface area contributed by atoms with Crippen LogP contribution in [0.25, 0.3) is 0 Å². The van der Waals surface area contributed by atoms with Gasteiger partial charge in [-0.25, -0.2) is 9.59 Å². The predicted molar refractivity (Wildman–Crippen MR) is 98.7 cm³/mol. The van der Waals surface area contributed by atoms with Crippen LogP contribution in [0.15, 0.2) is 24.3 Å². The maximum absolute atomic E-state index is 11.7. The smallest absolute Gasteiger partial charge is 0.333 e. The van der Waals surface area contributed by atoms with Gasteiger partial charge in [0.1, 0.15) is 0 Å². The van der Waals surface area contributed by atoms with Gasteiger partial charge in [-0.1, -0.05) is 13.2 Å². The zero-order valence-corrected chi connectivity index (χ0v) is 17.2. The number of hydrogen-bond donors (Lipinski definition) is 0. The summed E-state index contributed by atoms with van der Waals surface area (Å²) in [5, 5.41) is 0. The summed E-state index contributed by atoms with van der Waals surface area (Å²) >= 11 is 0. The van der Waals surface area contributed by atoms with Crippen LogP contribution in [0.5, 0.6) is 0 Å². The second-order valence-corrected chi connectivity index (χ2v) is 9.43. The highest BCUT2D eigenvalue weighted by Crippen LogP contribution is 2.08. The molecule has 0 radical (unpaired) electrons. The fourth-order valence-corrected chi connectivity index (χ4v) is 4.49. The van der Waals surface area contributed by atoms with E-state index in [1.807, 2.05) is 0 Å². The van der Waals surface area contributed by atoms with Gasteiger partial charge in [0.25, 0.3) is 20.2 Å². The first kappa shape index (κ1) is 25.3. The van der Waals surface area contributed by atoms with Gasteiger partial charge in [0, 0.05) is 11.1 Å². The van der Waals surface area contributed by atoms with E-state index in [4.69, 9.17) is 9.47 Å². The number of unbranched alkanes of at least 4 members (excludes halogenated alkanes) is 2. The first-order valence-electron chi connectivity index (χ1n) is 8.18. The van der Waals surface area contributed by atoms with Crippen molar-refractivity contribution in [3.8, 4) is 0 Å². The molecule has 0 rings (SSSR count). The quantitative estimate of drug-likeness (QED) is 0.230. The number of carbonyl (C=O) groups excluding carboxylic acids is 2. The zero-order chi connectivity index (χ0) is 21.1. The first-order chi connectivity index (χ1) is 12.4. The van der Waals surface area contributed by atoms with Gasteiger partial charge in [-0.15, -0.1) is 3.63 Å². The lowest BCUT2D eigenvalue weighted by molar-refractivity contribution is -0.139. The van der Waals surface area contributed by atoms with Crippen molar-refractivity contribution in [1.29, 1.82) is 0 Å². The lowest BCUT2D eigenvalue weighted by Gasteiger charge is -2.07. The molecule has 0 aliphatic carbocycles. The molecule has 11 heteroatoms. The summed E-state index contributed by atoms with van der Waals surface area (Å²) in [7, 11) is -8.53. The molecule has 0 unspecified atom stereocenters. The molecule has 0 bridgehead atoms. The number of esters is 2. The second-order valence-electron chi connectivity index (χ2n) is 5.84. The van der Waals surface area contributed by atoms with Crippen LogP contribution in [0.1, 0.15) is 39.5 Å². The van der Waals surface area contributed by atoms with E-state index in [1.54, 1.807) is 0 Å². The topological polar surface area (TPSA) is 130 Å². The van der Waals surface area contributed by atoms with E-state index in [-0.39, 0.29) is 50.0 Å². The Labute approximate surface area is 160 Å². The first-order valence-corrected chi connectivity index (χ1v) is 11.3. The Bertz CT molecular complexity index is 685. The molecule has 0 spiro atoms. The molecular formula is C16H26O9S2. The number of rotatable bonds is 14. The summed E-state index contributed by atoms with van der Waals surface area (Å²) in [5.41, 5.74) is 0.456. The van der Waals surface area contributed by atoms with Gasteiger partial charge in [-0.05, 0) is 39.5 Å². The van der Waals surface area contributed by atoms with E-state index in [0.717, 1.165) is 0 Å². The van der Waals surface area contributed by atoms with Crippen molar-refractivity contribution in [3.05, 3.63) is 24.3 Å². The maximum Gasteiger partial charge on any atom is 0.333 e. The average molecular weight is 427 g/mol. The van der Waals surface area contributed by atoms with E-state index in [1.165, 1.54) is 13.8 Å². The van der Waals surface area contributed by atoms with Crippen molar-refractivity contribution in [2.24, 2.45) is 0 Å². The van der Waals surface area contributed by atoms with Gasteiger partial charge in [0.15, 0.2) is 0 Å². The van der Waals surface area contributed by atoms with Crippen molar-refractivity contribution in [2.75, 3.05) is 24.7 Å². The van der Waals surface area contributed by atoms with Crippen molar-refractivity contribution in [1.82, 2.24) is 0 Å². The Balaban J connectivity index is 4.12. The number of hydrogen-bond acceptors (Lipinski definition) is 9. The third-order valence-corrected chi connectivity index (χ3v) is 6.18. The van der Waals surface area contributed by atoms with Crippen LogP contribution >= 0.6 is 0 Å². The minimum absolute atomic E-state index is 0.00311. The minimum atomic E-state index is -4.27. The second kappa shape index (κ2) is 11.9. The predicted octanol–water partition coefficient (Wildman–Crippen LogP) is 1.46. The van der Waals surface area contributed by atoms with Crippen LogP contribution in [0.3, 0.4) is 0 Å². The van der Waals surface area contributed by atoms with Gasteiger partial charge in [0.2, 0.25) is 0 Å². The van der Waals surface area contributed by atoms with Crippen LogP contribution in [-0.4, -0.2) is 53.5 Å². The summed E-state index contributed by atoms with van der Waals surface area (Å²) in [5.74, 6) is -2.20. The highest BCUT2D eigenvalue weighted by molar-refractivity contribution is 7.99. The summed E-state index contributed by atoms with van der Waals surface area (Å²) in [6.45, 7) is 9.76. The van der Waals surface area contributed by atoms with Gasteiger partial charge in [-0.3, -0.25) is 0 Å². The normalized spacial score (nSPS) is 11.6. The molecule has 0 saturated carbocycles. The van der Waals surface area contributed by atoms with Crippen molar-refractivity contribution >= 4 is 32.2 Å². The molecule has 0 aromatic heterocycles. The Hall–Kier alpha value is -1.72. The molecular weight excluding hydrogens is 400 g/mol. The van der Waals surface area contributed by atoms with Crippen molar-refractivity contribution in [3.63, 3.8) is 0 Å². The molecule has 0 saturated heterocycles. The maximum atomic E-state index is 11.7. The summed E-state index contributed by atoms with van der Waals surface area (Å²) in [6.07, 6.45) is 0.599. The highest BCUT2D eigenvalue weighted by atomic mass is 32.3. The van der Waals surface area contributed by atoms with Gasteiger partial charge < -0.3 is 9.47 Å². The summed E-state index contributed by atoms with van der Waals surface area (Å²) in [4.78, 5) is 22.3. The van der Waals surface area contributed by atoms with E-state index < -0.39 is 43.7 Å². The van der Waals surface area contributed by atoms with Crippen LogP contribution in [0, 0.1) is 0 Å². The monoisotopic (exact) mass is 426 g/mol.